The molecule has 4 N–H and O–H groups in total. The fourth-order valence-corrected chi connectivity index (χ4v) is 1.40. The number of nitrogens with zero attached hydrogens (tertiary/aromatic N) is 1. The first kappa shape index (κ1) is 10.3. The van der Waals surface area contributed by atoms with Crippen molar-refractivity contribution in [2.45, 2.75) is 6.92 Å². The molecule has 1 aromatic carbocycles. The molecule has 0 amide bonds. The van der Waals surface area contributed by atoms with Gasteiger partial charge in [-0.05, 0) is 30.7 Å². The molecule has 0 bridgehead atoms. The Labute approximate surface area is 93.8 Å². The van der Waals surface area contributed by atoms with Gasteiger partial charge in [0.2, 0.25) is 0 Å². The van der Waals surface area contributed by atoms with Crippen LogP contribution >= 0.6 is 0 Å². The van der Waals surface area contributed by atoms with E-state index in [-0.39, 0.29) is 5.75 Å². The van der Waals surface area contributed by atoms with Gasteiger partial charge in [0, 0.05) is 18.0 Å². The molecule has 4 heteroatoms. The summed E-state index contributed by atoms with van der Waals surface area (Å²) in [5.41, 5.74) is 7.95. The maximum Gasteiger partial charge on any atom is 0.139 e. The average molecular weight is 215 g/mol. The van der Waals surface area contributed by atoms with Gasteiger partial charge in [-0.2, -0.15) is 0 Å². The first-order valence-corrected chi connectivity index (χ1v) is 4.93. The summed E-state index contributed by atoms with van der Waals surface area (Å²) in [5.74, 6) is 0.802. The van der Waals surface area contributed by atoms with Crippen molar-refractivity contribution in [2.24, 2.45) is 0 Å². The zero-order valence-corrected chi connectivity index (χ0v) is 8.94. The van der Waals surface area contributed by atoms with E-state index in [0.29, 0.717) is 17.2 Å². The van der Waals surface area contributed by atoms with Crippen LogP contribution in [-0.4, -0.2) is 10.1 Å². The van der Waals surface area contributed by atoms with Crippen LogP contribution in [0.15, 0.2) is 36.5 Å². The van der Waals surface area contributed by atoms with Crippen LogP contribution in [0.3, 0.4) is 0 Å². The minimum Gasteiger partial charge on any atom is -0.506 e. The van der Waals surface area contributed by atoms with Gasteiger partial charge in [-0.3, -0.25) is 0 Å². The third-order valence-electron chi connectivity index (χ3n) is 2.20. The van der Waals surface area contributed by atoms with Crippen LogP contribution in [0, 0.1) is 6.92 Å². The normalized spacial score (nSPS) is 10.1. The Kier molecular flexibility index (Phi) is 2.64. The highest BCUT2D eigenvalue weighted by molar-refractivity contribution is 5.66. The fourth-order valence-electron chi connectivity index (χ4n) is 1.40. The number of aryl methyl sites for hydroxylation is 1. The molecule has 0 fully saturated rings. The highest BCUT2D eigenvalue weighted by Gasteiger charge is 2.02. The number of aromatic hydroxyl groups is 1. The Morgan fingerprint density at radius 1 is 1.25 bits per heavy atom. The summed E-state index contributed by atoms with van der Waals surface area (Å²) < 4.78 is 0. The number of nitrogen functional groups attached to an aromatic ring is 1. The number of rotatable bonds is 2. The highest BCUT2D eigenvalue weighted by Crippen LogP contribution is 2.26. The van der Waals surface area contributed by atoms with Crippen molar-refractivity contribution < 1.29 is 5.11 Å². The minimum atomic E-state index is 0.190. The molecular weight excluding hydrogens is 202 g/mol. The molecular formula is C12H13N3O. The first-order valence-electron chi connectivity index (χ1n) is 4.93. The first-order chi connectivity index (χ1) is 7.65. The molecule has 2 rings (SSSR count). The van der Waals surface area contributed by atoms with Crippen molar-refractivity contribution in [3.63, 3.8) is 0 Å². The topological polar surface area (TPSA) is 71.2 Å². The van der Waals surface area contributed by atoms with Crippen LogP contribution in [0.2, 0.25) is 0 Å². The van der Waals surface area contributed by atoms with E-state index in [2.05, 4.69) is 10.3 Å². The van der Waals surface area contributed by atoms with Crippen LogP contribution < -0.4 is 11.1 Å². The molecule has 82 valence electrons. The molecule has 0 aliphatic carbocycles. The number of phenols is 1. The van der Waals surface area contributed by atoms with Gasteiger partial charge >= 0.3 is 0 Å². The molecule has 1 heterocycles. The average Bonchev–Trinajstić information content (AvgIpc) is 2.24. The lowest BCUT2D eigenvalue weighted by molar-refractivity contribution is 0.477. The smallest absolute Gasteiger partial charge is 0.139 e. The number of hydrogen-bond donors (Lipinski definition) is 3. The number of benzene rings is 1. The molecule has 0 spiro atoms. The number of pyridine rings is 1. The molecule has 0 aliphatic heterocycles. The Bertz CT molecular complexity index is 511. The lowest BCUT2D eigenvalue weighted by atomic mass is 10.2. The summed E-state index contributed by atoms with van der Waals surface area (Å²) in [6, 6.07) is 8.75. The summed E-state index contributed by atoms with van der Waals surface area (Å²) in [5, 5.41) is 12.7. The van der Waals surface area contributed by atoms with Crippen molar-refractivity contribution in [1.82, 2.24) is 4.98 Å². The molecule has 4 nitrogen and oxygen atoms in total. The van der Waals surface area contributed by atoms with Gasteiger partial charge in [-0.1, -0.05) is 6.07 Å². The summed E-state index contributed by atoms with van der Waals surface area (Å²) in [4.78, 5) is 4.10. The van der Waals surface area contributed by atoms with Crippen molar-refractivity contribution in [3.8, 4) is 5.75 Å². The van der Waals surface area contributed by atoms with Gasteiger partial charge in [-0.15, -0.1) is 0 Å². The predicted octanol–water partition coefficient (Wildman–Crippen LogP) is 2.42. The number of phenolic OH excluding ortho intramolecular Hbond substituents is 1. The van der Waals surface area contributed by atoms with Crippen LogP contribution in [-0.2, 0) is 0 Å². The molecule has 0 radical (unpaired) electrons. The van der Waals surface area contributed by atoms with Crippen molar-refractivity contribution in [2.75, 3.05) is 11.1 Å². The Morgan fingerprint density at radius 2 is 2.06 bits per heavy atom. The number of nitrogens with two attached hydrogens (primary N) is 1. The Morgan fingerprint density at radius 3 is 2.81 bits per heavy atom. The summed E-state index contributed by atoms with van der Waals surface area (Å²) >= 11 is 0. The quantitative estimate of drug-likeness (QED) is 0.673. The monoisotopic (exact) mass is 215 g/mol. The second-order valence-electron chi connectivity index (χ2n) is 3.62. The third-order valence-corrected chi connectivity index (χ3v) is 2.20. The largest absolute Gasteiger partial charge is 0.506 e. The van der Waals surface area contributed by atoms with E-state index in [9.17, 15) is 5.11 Å². The maximum absolute atomic E-state index is 9.64. The van der Waals surface area contributed by atoms with Crippen molar-refractivity contribution in [1.29, 1.82) is 0 Å². The molecule has 1 aromatic heterocycles. The van der Waals surface area contributed by atoms with Crippen LogP contribution in [0.1, 0.15) is 5.56 Å². The lowest BCUT2D eigenvalue weighted by Crippen LogP contribution is -1.95. The van der Waals surface area contributed by atoms with Gasteiger partial charge in [-0.25, -0.2) is 4.98 Å². The minimum absolute atomic E-state index is 0.190. The lowest BCUT2D eigenvalue weighted by Gasteiger charge is -2.08. The number of hydrogen-bond acceptors (Lipinski definition) is 4. The van der Waals surface area contributed by atoms with E-state index in [1.165, 1.54) is 0 Å². The van der Waals surface area contributed by atoms with Crippen molar-refractivity contribution in [3.05, 3.63) is 42.1 Å². The second-order valence-corrected chi connectivity index (χ2v) is 3.62. The number of aromatic nitrogens is 1. The van der Waals surface area contributed by atoms with E-state index in [1.807, 2.05) is 19.1 Å². The number of nitrogens with one attached hydrogen (secondary N) is 1. The van der Waals surface area contributed by atoms with Gasteiger partial charge in [0.05, 0.1) is 5.69 Å². The van der Waals surface area contributed by atoms with E-state index >= 15 is 0 Å². The SMILES string of the molecule is Cc1ccc(O)c(Nc2cc(N)ccn2)c1. The third kappa shape index (κ3) is 2.23. The number of anilines is 3. The van der Waals surface area contributed by atoms with E-state index in [1.54, 1.807) is 24.4 Å². The van der Waals surface area contributed by atoms with Crippen LogP contribution in [0.25, 0.3) is 0 Å². The predicted molar refractivity (Wildman–Crippen MR) is 64.8 cm³/mol. The second kappa shape index (κ2) is 4.10. The molecule has 0 unspecified atom stereocenters. The summed E-state index contributed by atoms with van der Waals surface area (Å²) in [6.45, 7) is 1.96. The standard InChI is InChI=1S/C12H13N3O/c1-8-2-3-11(16)10(6-8)15-12-7-9(13)4-5-14-12/h2-7,16H,1H3,(H3,13,14,15). The molecule has 0 saturated carbocycles. The van der Waals surface area contributed by atoms with Crippen LogP contribution in [0.5, 0.6) is 5.75 Å². The van der Waals surface area contributed by atoms with Crippen molar-refractivity contribution >= 4 is 17.2 Å². The van der Waals surface area contributed by atoms with E-state index in [0.717, 1.165) is 5.56 Å². The molecule has 0 aliphatic rings. The summed E-state index contributed by atoms with van der Waals surface area (Å²) in [6.07, 6.45) is 1.62. The van der Waals surface area contributed by atoms with Gasteiger partial charge < -0.3 is 16.2 Å². The molecule has 0 saturated heterocycles. The zero-order chi connectivity index (χ0) is 11.5. The maximum atomic E-state index is 9.64. The molecule has 16 heavy (non-hydrogen) atoms. The highest BCUT2D eigenvalue weighted by atomic mass is 16.3. The molecule has 0 atom stereocenters. The Balaban J connectivity index is 2.30. The van der Waals surface area contributed by atoms with E-state index < -0.39 is 0 Å². The fraction of sp³-hybridized carbons (Fsp3) is 0.0833. The molecule has 2 aromatic rings. The van der Waals surface area contributed by atoms with Gasteiger partial charge in [0.15, 0.2) is 0 Å². The van der Waals surface area contributed by atoms with Gasteiger partial charge in [0.1, 0.15) is 11.6 Å². The summed E-state index contributed by atoms with van der Waals surface area (Å²) in [7, 11) is 0. The Hall–Kier alpha value is -2.23. The van der Waals surface area contributed by atoms with E-state index in [4.69, 9.17) is 5.73 Å². The van der Waals surface area contributed by atoms with Gasteiger partial charge in [0.25, 0.3) is 0 Å². The zero-order valence-electron chi connectivity index (χ0n) is 8.94. The van der Waals surface area contributed by atoms with Crippen LogP contribution in [0.4, 0.5) is 17.2 Å².